The number of ketones is 1. The number of benzene rings is 3. The molecule has 0 spiro atoms. The van der Waals surface area contributed by atoms with Crippen LogP contribution in [0.25, 0.3) is 11.0 Å². The summed E-state index contributed by atoms with van der Waals surface area (Å²) in [4.78, 5) is 33.9. The SMILES string of the molecule is CCc1cccc(C(=O)Nc2nc3ccccc3n2Cc2cccc(C(/C=C(/C)C(C)=O)=N/C)c2)c1. The summed E-state index contributed by atoms with van der Waals surface area (Å²) in [5.74, 6) is 0.313. The van der Waals surface area contributed by atoms with E-state index in [1.54, 1.807) is 20.9 Å². The Morgan fingerprint density at radius 2 is 1.64 bits per heavy atom. The topological polar surface area (TPSA) is 76.3 Å². The minimum atomic E-state index is -0.194. The monoisotopic (exact) mass is 478 g/mol. The van der Waals surface area contributed by atoms with Crippen molar-refractivity contribution in [3.05, 3.63) is 107 Å². The molecule has 0 unspecified atom stereocenters. The van der Waals surface area contributed by atoms with Crippen molar-refractivity contribution in [2.24, 2.45) is 4.99 Å². The lowest BCUT2D eigenvalue weighted by atomic mass is 10.0. The molecule has 6 heteroatoms. The number of Topliss-reactive ketones (excluding diaryl/α,β-unsaturated/α-hetero) is 1. The number of rotatable bonds is 8. The predicted octanol–water partition coefficient (Wildman–Crippen LogP) is 5.85. The number of aliphatic imine (C=N–C) groups is 1. The molecule has 182 valence electrons. The molecule has 0 aliphatic heterocycles. The van der Waals surface area contributed by atoms with E-state index in [0.717, 1.165) is 39.9 Å². The first-order valence-corrected chi connectivity index (χ1v) is 12.0. The number of carbonyl (C=O) groups is 2. The summed E-state index contributed by atoms with van der Waals surface area (Å²) in [6, 6.07) is 23.5. The van der Waals surface area contributed by atoms with E-state index in [1.165, 1.54) is 0 Å². The highest BCUT2D eigenvalue weighted by molar-refractivity contribution is 6.12. The molecule has 0 saturated carbocycles. The maximum absolute atomic E-state index is 13.1. The zero-order chi connectivity index (χ0) is 25.7. The summed E-state index contributed by atoms with van der Waals surface area (Å²) in [5, 5.41) is 3.02. The van der Waals surface area contributed by atoms with Gasteiger partial charge in [0.05, 0.1) is 23.3 Å². The molecule has 0 fully saturated rings. The van der Waals surface area contributed by atoms with Crippen LogP contribution in [-0.2, 0) is 17.8 Å². The molecule has 4 aromatic rings. The maximum atomic E-state index is 13.1. The zero-order valence-electron chi connectivity index (χ0n) is 21.1. The largest absolute Gasteiger partial charge is 0.305 e. The summed E-state index contributed by atoms with van der Waals surface area (Å²) < 4.78 is 2.01. The smallest absolute Gasteiger partial charge is 0.257 e. The van der Waals surface area contributed by atoms with E-state index >= 15 is 0 Å². The summed E-state index contributed by atoms with van der Waals surface area (Å²) in [6.45, 7) is 5.91. The number of para-hydroxylation sites is 2. The van der Waals surface area contributed by atoms with E-state index in [1.807, 2.05) is 77.4 Å². The molecule has 0 saturated heterocycles. The van der Waals surface area contributed by atoms with Crippen molar-refractivity contribution in [1.82, 2.24) is 9.55 Å². The van der Waals surface area contributed by atoms with E-state index < -0.39 is 0 Å². The van der Waals surface area contributed by atoms with Crippen LogP contribution in [0, 0.1) is 0 Å². The molecular weight excluding hydrogens is 448 g/mol. The van der Waals surface area contributed by atoms with Crippen molar-refractivity contribution < 1.29 is 9.59 Å². The number of hydrogen-bond donors (Lipinski definition) is 1. The molecule has 0 radical (unpaired) electrons. The van der Waals surface area contributed by atoms with Crippen molar-refractivity contribution in [3.8, 4) is 0 Å². The molecule has 1 N–H and O–H groups in total. The van der Waals surface area contributed by atoms with Gasteiger partial charge in [0.15, 0.2) is 5.78 Å². The Kier molecular flexibility index (Phi) is 7.54. The molecule has 1 amide bonds. The van der Waals surface area contributed by atoms with E-state index in [-0.39, 0.29) is 11.7 Å². The Labute approximate surface area is 211 Å². The molecule has 36 heavy (non-hydrogen) atoms. The molecule has 0 atom stereocenters. The number of aromatic nitrogens is 2. The quantitative estimate of drug-likeness (QED) is 0.255. The van der Waals surface area contributed by atoms with E-state index in [0.29, 0.717) is 23.6 Å². The van der Waals surface area contributed by atoms with Gasteiger partial charge in [-0.25, -0.2) is 4.98 Å². The Balaban J connectivity index is 1.68. The van der Waals surface area contributed by atoms with Crippen LogP contribution >= 0.6 is 0 Å². The molecule has 0 aliphatic rings. The highest BCUT2D eigenvalue weighted by Gasteiger charge is 2.15. The van der Waals surface area contributed by atoms with Crippen LogP contribution < -0.4 is 5.32 Å². The summed E-state index contributed by atoms with van der Waals surface area (Å²) in [7, 11) is 1.72. The van der Waals surface area contributed by atoms with Gasteiger partial charge in [-0.1, -0.05) is 49.4 Å². The Morgan fingerprint density at radius 3 is 2.36 bits per heavy atom. The third-order valence-electron chi connectivity index (χ3n) is 6.19. The first-order chi connectivity index (χ1) is 17.4. The number of carbonyl (C=O) groups excluding carboxylic acids is 2. The lowest BCUT2D eigenvalue weighted by Gasteiger charge is -2.12. The third-order valence-corrected chi connectivity index (χ3v) is 6.19. The van der Waals surface area contributed by atoms with Gasteiger partial charge in [0.25, 0.3) is 5.91 Å². The second-order valence-electron chi connectivity index (χ2n) is 8.71. The van der Waals surface area contributed by atoms with Gasteiger partial charge in [-0.05, 0) is 78.9 Å². The number of aryl methyl sites for hydroxylation is 1. The Bertz CT molecular complexity index is 1490. The lowest BCUT2D eigenvalue weighted by molar-refractivity contribution is -0.113. The van der Waals surface area contributed by atoms with Crippen molar-refractivity contribution in [2.45, 2.75) is 33.7 Å². The number of nitrogens with zero attached hydrogens (tertiary/aromatic N) is 3. The van der Waals surface area contributed by atoms with Gasteiger partial charge in [0.2, 0.25) is 5.95 Å². The van der Waals surface area contributed by atoms with Crippen LogP contribution in [0.5, 0.6) is 0 Å². The zero-order valence-corrected chi connectivity index (χ0v) is 21.1. The molecule has 4 rings (SSSR count). The maximum Gasteiger partial charge on any atom is 0.257 e. The van der Waals surface area contributed by atoms with Crippen molar-refractivity contribution in [3.63, 3.8) is 0 Å². The van der Waals surface area contributed by atoms with E-state index in [4.69, 9.17) is 4.98 Å². The van der Waals surface area contributed by atoms with Gasteiger partial charge in [-0.3, -0.25) is 19.9 Å². The van der Waals surface area contributed by atoms with Gasteiger partial charge in [-0.2, -0.15) is 0 Å². The van der Waals surface area contributed by atoms with Gasteiger partial charge >= 0.3 is 0 Å². The van der Waals surface area contributed by atoms with Crippen LogP contribution in [0.4, 0.5) is 5.95 Å². The minimum Gasteiger partial charge on any atom is -0.305 e. The second kappa shape index (κ2) is 11.0. The normalized spacial score (nSPS) is 12.1. The number of fused-ring (bicyclic) bond motifs is 1. The molecule has 6 nitrogen and oxygen atoms in total. The highest BCUT2D eigenvalue weighted by Crippen LogP contribution is 2.23. The van der Waals surface area contributed by atoms with E-state index in [2.05, 4.69) is 23.3 Å². The van der Waals surface area contributed by atoms with Gasteiger partial charge in [-0.15, -0.1) is 0 Å². The number of nitrogens with one attached hydrogen (secondary N) is 1. The Morgan fingerprint density at radius 1 is 0.944 bits per heavy atom. The average molecular weight is 479 g/mol. The van der Waals surface area contributed by atoms with Crippen LogP contribution in [0.15, 0.2) is 89.4 Å². The first-order valence-electron chi connectivity index (χ1n) is 12.0. The standard InChI is InChI=1S/C30H30N4O2/c1-5-22-10-8-13-25(17-22)29(36)33-30-32-26-14-6-7-15-28(26)34(30)19-23-11-9-12-24(18-23)27(31-4)16-20(2)21(3)35/h6-18H,5,19H2,1-4H3,(H,32,33,36)/b20-16-,31-27+. The van der Waals surface area contributed by atoms with Gasteiger partial charge < -0.3 is 4.57 Å². The molecule has 1 heterocycles. The van der Waals surface area contributed by atoms with Crippen LogP contribution in [0.1, 0.15) is 47.8 Å². The number of imidazole rings is 1. The fourth-order valence-corrected chi connectivity index (χ4v) is 4.03. The Hall–Kier alpha value is -4.32. The molecular formula is C30H30N4O2. The molecule has 3 aromatic carbocycles. The van der Waals surface area contributed by atoms with Crippen molar-refractivity contribution in [2.75, 3.05) is 12.4 Å². The predicted molar refractivity (Wildman–Crippen MR) is 146 cm³/mol. The van der Waals surface area contributed by atoms with Crippen LogP contribution in [0.2, 0.25) is 0 Å². The summed E-state index contributed by atoms with van der Waals surface area (Å²) in [5.41, 5.74) is 6.78. The average Bonchev–Trinajstić information content (AvgIpc) is 3.23. The lowest BCUT2D eigenvalue weighted by Crippen LogP contribution is -2.16. The third kappa shape index (κ3) is 5.49. The highest BCUT2D eigenvalue weighted by atomic mass is 16.1. The number of hydrogen-bond acceptors (Lipinski definition) is 4. The van der Waals surface area contributed by atoms with Crippen molar-refractivity contribution >= 4 is 34.4 Å². The van der Waals surface area contributed by atoms with Gasteiger partial charge in [0, 0.05) is 12.6 Å². The molecule has 1 aromatic heterocycles. The fourth-order valence-electron chi connectivity index (χ4n) is 4.03. The van der Waals surface area contributed by atoms with Crippen molar-refractivity contribution in [1.29, 1.82) is 0 Å². The minimum absolute atomic E-state index is 0.0158. The number of allylic oxidation sites excluding steroid dienone is 2. The first kappa shape index (κ1) is 24.8. The fraction of sp³-hybridized carbons (Fsp3) is 0.200. The molecule has 0 bridgehead atoms. The van der Waals surface area contributed by atoms with Gasteiger partial charge in [0.1, 0.15) is 0 Å². The van der Waals surface area contributed by atoms with E-state index in [9.17, 15) is 9.59 Å². The van der Waals surface area contributed by atoms with Crippen LogP contribution in [0.3, 0.4) is 0 Å². The second-order valence-corrected chi connectivity index (χ2v) is 8.71. The summed E-state index contributed by atoms with van der Waals surface area (Å²) in [6.07, 6.45) is 2.67. The summed E-state index contributed by atoms with van der Waals surface area (Å²) >= 11 is 0. The number of anilines is 1. The molecule has 0 aliphatic carbocycles. The van der Waals surface area contributed by atoms with Crippen LogP contribution in [-0.4, -0.2) is 34.0 Å². The number of amides is 1.